The summed E-state index contributed by atoms with van der Waals surface area (Å²) in [5.41, 5.74) is 0.147. The first kappa shape index (κ1) is 25.2. The third kappa shape index (κ3) is 6.96. The van der Waals surface area contributed by atoms with Crippen LogP contribution >= 0.6 is 0 Å². The molecular formula is C22H28N2O7S. The van der Waals surface area contributed by atoms with Crippen molar-refractivity contribution < 1.29 is 32.2 Å². The molecule has 0 heterocycles. The lowest BCUT2D eigenvalue weighted by Crippen LogP contribution is -2.26. The van der Waals surface area contributed by atoms with Crippen LogP contribution < -0.4 is 15.2 Å². The van der Waals surface area contributed by atoms with E-state index in [-0.39, 0.29) is 23.6 Å². The number of sulfonamides is 1. The second-order valence-electron chi connectivity index (χ2n) is 6.89. The number of carbonyl (C=O) groups is 2. The molecule has 0 saturated carbocycles. The average molecular weight is 465 g/mol. The lowest BCUT2D eigenvalue weighted by Gasteiger charge is -2.18. The normalized spacial score (nSPS) is 12.0. The average Bonchev–Trinajstić information content (AvgIpc) is 2.74. The maximum Gasteiger partial charge on any atom is 0.347 e. The van der Waals surface area contributed by atoms with Gasteiger partial charge in [-0.05, 0) is 44.5 Å². The van der Waals surface area contributed by atoms with Crippen LogP contribution in [0.4, 0.5) is 5.69 Å². The Labute approximate surface area is 187 Å². The van der Waals surface area contributed by atoms with Crippen molar-refractivity contribution in [3.63, 3.8) is 0 Å². The molecule has 9 nitrogen and oxygen atoms in total. The minimum atomic E-state index is -4.28. The van der Waals surface area contributed by atoms with E-state index in [9.17, 15) is 18.0 Å². The molecule has 1 atom stereocenters. The van der Waals surface area contributed by atoms with Gasteiger partial charge in [0.15, 0.2) is 11.9 Å². The highest BCUT2D eigenvalue weighted by Gasteiger charge is 2.26. The minimum Gasteiger partial charge on any atom is -0.463 e. The lowest BCUT2D eigenvalue weighted by molar-refractivity contribution is -0.152. The Morgan fingerprint density at radius 1 is 1.12 bits per heavy atom. The van der Waals surface area contributed by atoms with Crippen molar-refractivity contribution in [3.05, 3.63) is 48.0 Å². The van der Waals surface area contributed by atoms with E-state index in [0.717, 1.165) is 18.9 Å². The molecule has 0 aliphatic rings. The lowest BCUT2D eigenvalue weighted by atomic mass is 10.1. The van der Waals surface area contributed by atoms with Crippen LogP contribution in [0, 0.1) is 0 Å². The molecule has 10 heteroatoms. The van der Waals surface area contributed by atoms with E-state index < -0.39 is 33.0 Å². The van der Waals surface area contributed by atoms with Crippen LogP contribution in [0.1, 0.15) is 44.0 Å². The number of hydrogen-bond acceptors (Lipinski definition) is 8. The molecule has 0 aromatic heterocycles. The Hall–Kier alpha value is -3.11. The summed E-state index contributed by atoms with van der Waals surface area (Å²) < 4.78 is 40.5. The Kier molecular flexibility index (Phi) is 9.03. The minimum absolute atomic E-state index is 0.0372. The quantitative estimate of drug-likeness (QED) is 0.381. The number of anilines is 1. The van der Waals surface area contributed by atoms with Crippen LogP contribution in [-0.2, 0) is 24.3 Å². The Bertz CT molecular complexity index is 1040. The smallest absolute Gasteiger partial charge is 0.347 e. The Morgan fingerprint density at radius 3 is 2.41 bits per heavy atom. The van der Waals surface area contributed by atoms with Crippen LogP contribution in [0.2, 0.25) is 0 Å². The summed E-state index contributed by atoms with van der Waals surface area (Å²) in [4.78, 5) is 24.1. The number of unbranched alkanes of at least 4 members (excludes halogenated alkanes) is 1. The van der Waals surface area contributed by atoms with E-state index in [1.165, 1.54) is 13.0 Å². The van der Waals surface area contributed by atoms with Crippen molar-refractivity contribution in [2.24, 2.45) is 5.14 Å². The van der Waals surface area contributed by atoms with Crippen LogP contribution in [0.15, 0.2) is 47.4 Å². The number of primary sulfonamides is 1. The number of esters is 2. The number of nitrogens with two attached hydrogens (primary N) is 1. The Morgan fingerprint density at radius 2 is 1.81 bits per heavy atom. The third-order valence-corrected chi connectivity index (χ3v) is 5.22. The number of hydrogen-bond donors (Lipinski definition) is 2. The van der Waals surface area contributed by atoms with Crippen molar-refractivity contribution in [1.82, 2.24) is 0 Å². The topological polar surface area (TPSA) is 134 Å². The van der Waals surface area contributed by atoms with E-state index >= 15 is 0 Å². The number of rotatable bonds is 11. The zero-order valence-electron chi connectivity index (χ0n) is 18.3. The second-order valence-corrected chi connectivity index (χ2v) is 8.42. The maximum absolute atomic E-state index is 12.7. The zero-order chi connectivity index (χ0) is 23.7. The van der Waals surface area contributed by atoms with Crippen LogP contribution in [-0.4, -0.2) is 39.6 Å². The third-order valence-electron chi connectivity index (χ3n) is 4.31. The van der Waals surface area contributed by atoms with Gasteiger partial charge in [0, 0.05) is 6.54 Å². The summed E-state index contributed by atoms with van der Waals surface area (Å²) in [5.74, 6) is -1.26. The molecule has 2 aromatic carbocycles. The van der Waals surface area contributed by atoms with Crippen molar-refractivity contribution in [2.75, 3.05) is 18.5 Å². The van der Waals surface area contributed by atoms with Crippen molar-refractivity contribution in [1.29, 1.82) is 0 Å². The van der Waals surface area contributed by atoms with Gasteiger partial charge in [0.1, 0.15) is 10.6 Å². The maximum atomic E-state index is 12.7. The van der Waals surface area contributed by atoms with Gasteiger partial charge in [0.2, 0.25) is 10.0 Å². The molecule has 0 radical (unpaired) electrons. The van der Waals surface area contributed by atoms with Crippen LogP contribution in [0.3, 0.4) is 0 Å². The van der Waals surface area contributed by atoms with Gasteiger partial charge < -0.3 is 19.5 Å². The van der Waals surface area contributed by atoms with E-state index in [4.69, 9.17) is 19.3 Å². The number of benzene rings is 2. The summed E-state index contributed by atoms with van der Waals surface area (Å²) in [6.07, 6.45) is 0.518. The first-order chi connectivity index (χ1) is 15.2. The van der Waals surface area contributed by atoms with E-state index in [1.807, 2.05) is 6.92 Å². The van der Waals surface area contributed by atoms with Crippen LogP contribution in [0.5, 0.6) is 11.5 Å². The molecule has 0 spiro atoms. The Balaban J connectivity index is 2.51. The number of carbonyl (C=O) groups excluding carboxylic acids is 2. The number of para-hydroxylation sites is 1. The summed E-state index contributed by atoms with van der Waals surface area (Å²) in [5, 5.41) is 8.53. The van der Waals surface area contributed by atoms with Gasteiger partial charge in [0.05, 0.1) is 17.9 Å². The van der Waals surface area contributed by atoms with Crippen molar-refractivity contribution in [2.45, 2.75) is 44.6 Å². The summed E-state index contributed by atoms with van der Waals surface area (Å²) in [6, 6.07) is 11.1. The molecule has 0 amide bonds. The van der Waals surface area contributed by atoms with Gasteiger partial charge in [-0.1, -0.05) is 31.5 Å². The fraction of sp³-hybridized carbons (Fsp3) is 0.364. The van der Waals surface area contributed by atoms with Gasteiger partial charge in [-0.15, -0.1) is 0 Å². The van der Waals surface area contributed by atoms with Crippen molar-refractivity contribution in [3.8, 4) is 11.5 Å². The molecule has 0 aliphatic carbocycles. The highest BCUT2D eigenvalue weighted by Crippen LogP contribution is 2.37. The molecule has 0 saturated heterocycles. The predicted molar refractivity (Wildman–Crippen MR) is 119 cm³/mol. The summed E-state index contributed by atoms with van der Waals surface area (Å²) >= 11 is 0. The van der Waals surface area contributed by atoms with E-state index in [2.05, 4.69) is 5.32 Å². The molecule has 2 aromatic rings. The second kappa shape index (κ2) is 11.5. The predicted octanol–water partition coefficient (Wildman–Crippen LogP) is 3.45. The van der Waals surface area contributed by atoms with Crippen molar-refractivity contribution >= 4 is 27.6 Å². The fourth-order valence-corrected chi connectivity index (χ4v) is 3.41. The molecule has 0 aliphatic heterocycles. The monoisotopic (exact) mass is 464 g/mol. The molecular weight excluding hydrogens is 436 g/mol. The molecule has 174 valence electrons. The largest absolute Gasteiger partial charge is 0.463 e. The highest BCUT2D eigenvalue weighted by molar-refractivity contribution is 7.89. The fourth-order valence-electron chi connectivity index (χ4n) is 2.71. The summed E-state index contributed by atoms with van der Waals surface area (Å²) in [7, 11) is -4.28. The number of ether oxygens (including phenoxy) is 3. The summed E-state index contributed by atoms with van der Waals surface area (Å²) in [6.45, 7) is 5.63. The van der Waals surface area contributed by atoms with Gasteiger partial charge in [-0.3, -0.25) is 0 Å². The molecule has 2 rings (SSSR count). The molecule has 32 heavy (non-hydrogen) atoms. The first-order valence-electron chi connectivity index (χ1n) is 10.2. The first-order valence-corrected chi connectivity index (χ1v) is 11.8. The molecule has 0 fully saturated rings. The van der Waals surface area contributed by atoms with Crippen LogP contribution in [0.25, 0.3) is 0 Å². The standard InChI is InChI=1S/C22H28N2O7S/c1-4-6-12-24-18-13-16(22(26)30-15(3)21(25)29-5-2)14-19(32(23,27)28)20(18)31-17-10-8-7-9-11-17/h7-11,13-15,24H,4-6,12H2,1-3H3,(H2,23,27,28). The number of nitrogens with one attached hydrogen (secondary N) is 1. The van der Waals surface area contributed by atoms with E-state index in [1.54, 1.807) is 37.3 Å². The molecule has 3 N–H and O–H groups in total. The van der Waals surface area contributed by atoms with Gasteiger partial charge in [-0.25, -0.2) is 23.1 Å². The molecule has 1 unspecified atom stereocenters. The SMILES string of the molecule is CCCCNc1cc(C(=O)OC(C)C(=O)OCC)cc(S(N)(=O)=O)c1Oc1ccccc1. The van der Waals surface area contributed by atoms with Gasteiger partial charge >= 0.3 is 11.9 Å². The van der Waals surface area contributed by atoms with E-state index in [0.29, 0.717) is 12.3 Å². The zero-order valence-corrected chi connectivity index (χ0v) is 19.1. The van der Waals surface area contributed by atoms with Gasteiger partial charge in [-0.2, -0.15) is 0 Å². The highest BCUT2D eigenvalue weighted by atomic mass is 32.2. The molecule has 0 bridgehead atoms. The van der Waals surface area contributed by atoms with Gasteiger partial charge in [0.25, 0.3) is 0 Å².